The molecule has 0 aliphatic rings. The smallest absolute Gasteiger partial charge is 0.303 e. The van der Waals surface area contributed by atoms with Gasteiger partial charge < -0.3 is 10.2 Å². The van der Waals surface area contributed by atoms with Crippen LogP contribution in [0.2, 0.25) is 0 Å². The zero-order valence-electron chi connectivity index (χ0n) is 10.3. The van der Waals surface area contributed by atoms with Crippen molar-refractivity contribution in [2.75, 3.05) is 0 Å². The third-order valence-corrected chi connectivity index (χ3v) is 3.14. The molecular formula is C15H16O3. The maximum absolute atomic E-state index is 10.5. The van der Waals surface area contributed by atoms with Gasteiger partial charge >= 0.3 is 5.97 Å². The third kappa shape index (κ3) is 2.45. The minimum atomic E-state index is -0.799. The number of carboxylic acids is 1. The molecule has 0 heterocycles. The number of hydrogen-bond acceptors (Lipinski definition) is 2. The molecule has 2 N–H and O–H groups in total. The Morgan fingerprint density at radius 1 is 1.22 bits per heavy atom. The quantitative estimate of drug-likeness (QED) is 0.867. The molecule has 0 aliphatic heterocycles. The van der Waals surface area contributed by atoms with Gasteiger partial charge in [0.25, 0.3) is 0 Å². The van der Waals surface area contributed by atoms with Crippen molar-refractivity contribution >= 4 is 16.7 Å². The molecule has 2 aromatic carbocycles. The molecular weight excluding hydrogens is 228 g/mol. The number of aryl methyl sites for hydroxylation is 2. The van der Waals surface area contributed by atoms with Crippen LogP contribution in [0.1, 0.15) is 24.0 Å². The Hall–Kier alpha value is -2.03. The van der Waals surface area contributed by atoms with Gasteiger partial charge in [-0.2, -0.15) is 0 Å². The number of hydrogen-bond donors (Lipinski definition) is 2. The lowest BCUT2D eigenvalue weighted by Crippen LogP contribution is -1.97. The second kappa shape index (κ2) is 5.08. The largest absolute Gasteiger partial charge is 0.507 e. The summed E-state index contributed by atoms with van der Waals surface area (Å²) >= 11 is 0. The summed E-state index contributed by atoms with van der Waals surface area (Å²) in [7, 11) is 0. The molecule has 0 unspecified atom stereocenters. The summed E-state index contributed by atoms with van der Waals surface area (Å²) in [6, 6.07) is 9.64. The van der Waals surface area contributed by atoms with Crippen LogP contribution in [0.3, 0.4) is 0 Å². The van der Waals surface area contributed by atoms with Crippen LogP contribution in [0, 0.1) is 6.92 Å². The second-order valence-corrected chi connectivity index (χ2v) is 4.49. The summed E-state index contributed by atoms with van der Waals surface area (Å²) < 4.78 is 0. The molecule has 0 saturated heterocycles. The number of aromatic hydroxyl groups is 1. The van der Waals surface area contributed by atoms with Gasteiger partial charge in [0.2, 0.25) is 0 Å². The first-order valence-electron chi connectivity index (χ1n) is 6.01. The molecule has 18 heavy (non-hydrogen) atoms. The van der Waals surface area contributed by atoms with E-state index in [1.165, 1.54) is 0 Å². The van der Waals surface area contributed by atoms with Crippen molar-refractivity contribution in [1.29, 1.82) is 0 Å². The van der Waals surface area contributed by atoms with Gasteiger partial charge in [0.1, 0.15) is 5.75 Å². The zero-order valence-corrected chi connectivity index (χ0v) is 10.3. The maximum Gasteiger partial charge on any atom is 0.303 e. The lowest BCUT2D eigenvalue weighted by Gasteiger charge is -2.10. The van der Waals surface area contributed by atoms with Crippen molar-refractivity contribution in [2.24, 2.45) is 0 Å². The highest BCUT2D eigenvalue weighted by atomic mass is 16.4. The molecule has 3 heteroatoms. The fraction of sp³-hybridized carbons (Fsp3) is 0.267. The van der Waals surface area contributed by atoms with Crippen molar-refractivity contribution in [3.63, 3.8) is 0 Å². The van der Waals surface area contributed by atoms with E-state index < -0.39 is 5.97 Å². The van der Waals surface area contributed by atoms with Gasteiger partial charge in [0.05, 0.1) is 0 Å². The predicted molar refractivity (Wildman–Crippen MR) is 70.9 cm³/mol. The molecule has 0 fully saturated rings. The van der Waals surface area contributed by atoms with Crippen molar-refractivity contribution in [3.05, 3.63) is 41.5 Å². The van der Waals surface area contributed by atoms with E-state index in [1.807, 2.05) is 37.3 Å². The van der Waals surface area contributed by atoms with Crippen molar-refractivity contribution < 1.29 is 15.0 Å². The SMILES string of the molecule is Cc1cc(CCCC(=O)O)c(O)c2ccccc12. The van der Waals surface area contributed by atoms with Crippen LogP contribution in [0.5, 0.6) is 5.75 Å². The van der Waals surface area contributed by atoms with E-state index >= 15 is 0 Å². The predicted octanol–water partition coefficient (Wildman–Crippen LogP) is 3.26. The topological polar surface area (TPSA) is 57.5 Å². The van der Waals surface area contributed by atoms with Gasteiger partial charge in [-0.15, -0.1) is 0 Å². The molecule has 0 spiro atoms. The van der Waals surface area contributed by atoms with Gasteiger partial charge in [-0.25, -0.2) is 0 Å². The number of aliphatic carboxylic acids is 1. The Morgan fingerprint density at radius 3 is 2.56 bits per heavy atom. The number of carboxylic acid groups (broad SMARTS) is 1. The molecule has 0 radical (unpaired) electrons. The van der Waals surface area contributed by atoms with Gasteiger partial charge in [0.15, 0.2) is 0 Å². The van der Waals surface area contributed by atoms with Gasteiger partial charge in [0, 0.05) is 11.8 Å². The fourth-order valence-corrected chi connectivity index (χ4v) is 2.23. The lowest BCUT2D eigenvalue weighted by molar-refractivity contribution is -0.137. The zero-order chi connectivity index (χ0) is 13.1. The first kappa shape index (κ1) is 12.4. The molecule has 0 aliphatic carbocycles. The first-order chi connectivity index (χ1) is 8.59. The molecule has 0 bridgehead atoms. The van der Waals surface area contributed by atoms with E-state index in [0.717, 1.165) is 21.9 Å². The average molecular weight is 244 g/mol. The number of carbonyl (C=O) groups is 1. The number of phenolic OH excluding ortho intramolecular Hbond substituents is 1. The van der Waals surface area contributed by atoms with Crippen LogP contribution in [-0.2, 0) is 11.2 Å². The third-order valence-electron chi connectivity index (χ3n) is 3.14. The Balaban J connectivity index is 2.34. The highest BCUT2D eigenvalue weighted by molar-refractivity contribution is 5.91. The second-order valence-electron chi connectivity index (χ2n) is 4.49. The van der Waals surface area contributed by atoms with E-state index in [1.54, 1.807) is 0 Å². The highest BCUT2D eigenvalue weighted by Crippen LogP contribution is 2.32. The van der Waals surface area contributed by atoms with Crippen LogP contribution in [-0.4, -0.2) is 16.2 Å². The molecule has 0 amide bonds. The van der Waals surface area contributed by atoms with E-state index in [-0.39, 0.29) is 12.2 Å². The molecule has 2 rings (SSSR count). The van der Waals surface area contributed by atoms with Gasteiger partial charge in [-0.05, 0) is 36.3 Å². The Morgan fingerprint density at radius 2 is 1.89 bits per heavy atom. The van der Waals surface area contributed by atoms with E-state index in [2.05, 4.69) is 0 Å². The number of rotatable bonds is 4. The van der Waals surface area contributed by atoms with Crippen molar-refractivity contribution in [1.82, 2.24) is 0 Å². The Labute approximate surface area is 106 Å². The number of fused-ring (bicyclic) bond motifs is 1. The van der Waals surface area contributed by atoms with E-state index in [0.29, 0.717) is 12.8 Å². The van der Waals surface area contributed by atoms with E-state index in [9.17, 15) is 9.90 Å². The summed E-state index contributed by atoms with van der Waals surface area (Å²) in [6.45, 7) is 2.00. The normalized spacial score (nSPS) is 10.7. The van der Waals surface area contributed by atoms with Crippen molar-refractivity contribution in [2.45, 2.75) is 26.2 Å². The van der Waals surface area contributed by atoms with Crippen LogP contribution in [0.25, 0.3) is 10.8 Å². The van der Waals surface area contributed by atoms with Crippen LogP contribution in [0.15, 0.2) is 30.3 Å². The molecule has 0 saturated carbocycles. The summed E-state index contributed by atoms with van der Waals surface area (Å²) in [6.07, 6.45) is 1.26. The molecule has 2 aromatic rings. The average Bonchev–Trinajstić information content (AvgIpc) is 2.35. The monoisotopic (exact) mass is 244 g/mol. The van der Waals surface area contributed by atoms with Gasteiger partial charge in [-0.3, -0.25) is 4.79 Å². The molecule has 0 aromatic heterocycles. The van der Waals surface area contributed by atoms with Gasteiger partial charge in [-0.1, -0.05) is 30.3 Å². The highest BCUT2D eigenvalue weighted by Gasteiger charge is 2.09. The van der Waals surface area contributed by atoms with E-state index in [4.69, 9.17) is 5.11 Å². The summed E-state index contributed by atoms with van der Waals surface area (Å²) in [4.78, 5) is 10.5. The van der Waals surface area contributed by atoms with Crippen LogP contribution >= 0.6 is 0 Å². The molecule has 3 nitrogen and oxygen atoms in total. The standard InChI is InChI=1S/C15H16O3/c1-10-9-11(5-4-8-14(16)17)15(18)13-7-3-2-6-12(10)13/h2-3,6-7,9,18H,4-5,8H2,1H3,(H,16,17). The number of phenols is 1. The Kier molecular flexibility index (Phi) is 3.51. The maximum atomic E-state index is 10.5. The lowest BCUT2D eigenvalue weighted by atomic mass is 9.97. The number of benzene rings is 2. The summed E-state index contributed by atoms with van der Waals surface area (Å²) in [5.41, 5.74) is 1.93. The summed E-state index contributed by atoms with van der Waals surface area (Å²) in [5, 5.41) is 20.7. The minimum Gasteiger partial charge on any atom is -0.507 e. The van der Waals surface area contributed by atoms with Crippen LogP contribution < -0.4 is 0 Å². The minimum absolute atomic E-state index is 0.130. The molecule has 0 atom stereocenters. The Bertz CT molecular complexity index is 588. The summed E-state index contributed by atoms with van der Waals surface area (Å²) in [5.74, 6) is -0.520. The first-order valence-corrected chi connectivity index (χ1v) is 6.01. The van der Waals surface area contributed by atoms with Crippen LogP contribution in [0.4, 0.5) is 0 Å². The fourth-order valence-electron chi connectivity index (χ4n) is 2.23. The molecule has 94 valence electrons. The van der Waals surface area contributed by atoms with Crippen molar-refractivity contribution in [3.8, 4) is 5.75 Å².